The maximum absolute atomic E-state index is 13.6. The molecule has 0 aliphatic rings. The van der Waals surface area contributed by atoms with E-state index in [9.17, 15) is 13.2 Å². The van der Waals surface area contributed by atoms with Crippen molar-refractivity contribution < 1.29 is 13.2 Å². The number of rotatable bonds is 2. The third-order valence-corrected chi connectivity index (χ3v) is 2.76. The molecule has 2 aromatic carbocycles. The van der Waals surface area contributed by atoms with Gasteiger partial charge in [-0.1, -0.05) is 6.07 Å². The van der Waals surface area contributed by atoms with E-state index in [4.69, 9.17) is 12.2 Å². The lowest BCUT2D eigenvalue weighted by Crippen LogP contribution is -2.20. The van der Waals surface area contributed by atoms with E-state index in [1.165, 1.54) is 18.2 Å². The quantitative estimate of drug-likeness (QED) is 0.811. The van der Waals surface area contributed by atoms with Gasteiger partial charge in [0, 0.05) is 6.07 Å². The van der Waals surface area contributed by atoms with E-state index in [1.54, 1.807) is 13.0 Å². The van der Waals surface area contributed by atoms with E-state index in [2.05, 4.69) is 10.6 Å². The van der Waals surface area contributed by atoms with Crippen LogP contribution in [0.2, 0.25) is 0 Å². The summed E-state index contributed by atoms with van der Waals surface area (Å²) in [6, 6.07) is 7.64. The monoisotopic (exact) mass is 296 g/mol. The highest BCUT2D eigenvalue weighted by Gasteiger charge is 2.08. The van der Waals surface area contributed by atoms with Crippen LogP contribution in [0.15, 0.2) is 36.4 Å². The number of halogens is 3. The molecule has 2 nitrogen and oxygen atoms in total. The highest BCUT2D eigenvalue weighted by molar-refractivity contribution is 7.80. The molecule has 0 spiro atoms. The Morgan fingerprint density at radius 3 is 2.00 bits per heavy atom. The zero-order valence-corrected chi connectivity index (χ0v) is 11.3. The molecule has 20 heavy (non-hydrogen) atoms. The molecular formula is C14H11F3N2S. The Kier molecular flexibility index (Phi) is 4.24. The second kappa shape index (κ2) is 5.92. The summed E-state index contributed by atoms with van der Waals surface area (Å²) in [4.78, 5) is 0. The molecule has 0 heterocycles. The Labute approximate surface area is 119 Å². The molecule has 2 rings (SSSR count). The third kappa shape index (κ3) is 3.48. The van der Waals surface area contributed by atoms with Crippen molar-refractivity contribution in [1.29, 1.82) is 0 Å². The van der Waals surface area contributed by atoms with Crippen LogP contribution in [0.4, 0.5) is 24.5 Å². The summed E-state index contributed by atoms with van der Waals surface area (Å²) in [5, 5.41) is 5.16. The first-order valence-corrected chi connectivity index (χ1v) is 6.16. The lowest BCUT2D eigenvalue weighted by atomic mass is 10.2. The highest BCUT2D eigenvalue weighted by atomic mass is 32.1. The maximum Gasteiger partial charge on any atom is 0.175 e. The van der Waals surface area contributed by atoms with Gasteiger partial charge < -0.3 is 10.6 Å². The lowest BCUT2D eigenvalue weighted by Gasteiger charge is -2.12. The van der Waals surface area contributed by atoms with Crippen LogP contribution < -0.4 is 10.6 Å². The molecule has 0 amide bonds. The van der Waals surface area contributed by atoms with Gasteiger partial charge in [-0.3, -0.25) is 0 Å². The van der Waals surface area contributed by atoms with E-state index < -0.39 is 17.5 Å². The topological polar surface area (TPSA) is 24.1 Å². The molecule has 0 saturated heterocycles. The molecule has 2 aromatic rings. The Morgan fingerprint density at radius 1 is 0.900 bits per heavy atom. The van der Waals surface area contributed by atoms with E-state index >= 15 is 0 Å². The smallest absolute Gasteiger partial charge is 0.175 e. The Morgan fingerprint density at radius 2 is 1.45 bits per heavy atom. The molecule has 0 aromatic heterocycles. The van der Waals surface area contributed by atoms with Crippen LogP contribution in [0.25, 0.3) is 0 Å². The van der Waals surface area contributed by atoms with Crippen LogP contribution in [0.1, 0.15) is 5.56 Å². The molecular weight excluding hydrogens is 285 g/mol. The van der Waals surface area contributed by atoms with Gasteiger partial charge in [-0.05, 0) is 49.0 Å². The van der Waals surface area contributed by atoms with Crippen molar-refractivity contribution in [3.05, 3.63) is 59.4 Å². The molecule has 0 aliphatic carbocycles. The average Bonchev–Trinajstić information content (AvgIpc) is 2.36. The number of hydrogen-bond donors (Lipinski definition) is 2. The summed E-state index contributed by atoms with van der Waals surface area (Å²) in [7, 11) is 0. The molecule has 0 bridgehead atoms. The van der Waals surface area contributed by atoms with E-state index in [0.29, 0.717) is 0 Å². The highest BCUT2D eigenvalue weighted by Crippen LogP contribution is 2.18. The number of nitrogens with one attached hydrogen (secondary N) is 2. The largest absolute Gasteiger partial charge is 0.330 e. The van der Waals surface area contributed by atoms with Gasteiger partial charge in [0.1, 0.15) is 17.5 Å². The fourth-order valence-corrected chi connectivity index (χ4v) is 1.81. The van der Waals surface area contributed by atoms with Gasteiger partial charge in [-0.15, -0.1) is 0 Å². The Bertz CT molecular complexity index is 603. The van der Waals surface area contributed by atoms with Gasteiger partial charge in [0.25, 0.3) is 0 Å². The van der Waals surface area contributed by atoms with Crippen molar-refractivity contribution in [2.45, 2.75) is 6.92 Å². The van der Waals surface area contributed by atoms with Crippen molar-refractivity contribution in [1.82, 2.24) is 0 Å². The average molecular weight is 296 g/mol. The second-order valence-electron chi connectivity index (χ2n) is 4.19. The van der Waals surface area contributed by atoms with E-state index in [1.807, 2.05) is 0 Å². The zero-order valence-electron chi connectivity index (χ0n) is 10.5. The minimum absolute atomic E-state index is 0.0106. The van der Waals surface area contributed by atoms with Crippen LogP contribution in [0, 0.1) is 24.4 Å². The van der Waals surface area contributed by atoms with E-state index in [-0.39, 0.29) is 16.5 Å². The first-order valence-electron chi connectivity index (χ1n) is 5.75. The number of hydrogen-bond acceptors (Lipinski definition) is 1. The van der Waals surface area contributed by atoms with Crippen LogP contribution >= 0.6 is 12.2 Å². The van der Waals surface area contributed by atoms with Crippen molar-refractivity contribution in [2.24, 2.45) is 0 Å². The minimum Gasteiger partial charge on any atom is -0.330 e. The normalized spacial score (nSPS) is 10.2. The zero-order chi connectivity index (χ0) is 14.7. The molecule has 6 heteroatoms. The molecule has 0 saturated carbocycles. The fourth-order valence-electron chi connectivity index (χ4n) is 1.59. The second-order valence-corrected chi connectivity index (χ2v) is 4.59. The van der Waals surface area contributed by atoms with Gasteiger partial charge in [0.15, 0.2) is 5.11 Å². The lowest BCUT2D eigenvalue weighted by molar-refractivity contribution is 0.586. The van der Waals surface area contributed by atoms with Crippen LogP contribution in [0.3, 0.4) is 0 Å². The van der Waals surface area contributed by atoms with Crippen molar-refractivity contribution in [2.75, 3.05) is 10.6 Å². The molecule has 0 fully saturated rings. The van der Waals surface area contributed by atoms with Gasteiger partial charge in [0.2, 0.25) is 0 Å². The molecule has 0 atom stereocenters. The van der Waals surface area contributed by atoms with Gasteiger partial charge in [0.05, 0.1) is 11.4 Å². The van der Waals surface area contributed by atoms with Gasteiger partial charge in [-0.25, -0.2) is 13.2 Å². The maximum atomic E-state index is 13.6. The summed E-state index contributed by atoms with van der Waals surface area (Å²) in [6.07, 6.45) is 0. The van der Waals surface area contributed by atoms with Crippen molar-refractivity contribution in [3.8, 4) is 0 Å². The Balaban J connectivity index is 2.09. The predicted molar refractivity (Wildman–Crippen MR) is 77.3 cm³/mol. The van der Waals surface area contributed by atoms with Crippen molar-refractivity contribution in [3.63, 3.8) is 0 Å². The van der Waals surface area contributed by atoms with Crippen LogP contribution in [-0.4, -0.2) is 5.11 Å². The van der Waals surface area contributed by atoms with Crippen molar-refractivity contribution >= 4 is 28.7 Å². The molecule has 104 valence electrons. The minimum atomic E-state index is -0.779. The summed E-state index contributed by atoms with van der Waals surface area (Å²) in [5.74, 6) is -1.93. The molecule has 0 radical (unpaired) electrons. The van der Waals surface area contributed by atoms with Crippen LogP contribution in [-0.2, 0) is 0 Å². The van der Waals surface area contributed by atoms with E-state index in [0.717, 1.165) is 17.7 Å². The standard InChI is InChI=1S/C14H11F3N2S/c1-8-2-4-12(10(16)6-8)18-14(20)19-13-5-3-9(15)7-11(13)17/h2-7H,1H3,(H2,18,19,20). The third-order valence-electron chi connectivity index (χ3n) is 2.55. The summed E-state index contributed by atoms with van der Waals surface area (Å²) >= 11 is 4.95. The number of benzene rings is 2. The van der Waals surface area contributed by atoms with Crippen LogP contribution in [0.5, 0.6) is 0 Å². The fraction of sp³-hybridized carbons (Fsp3) is 0.0714. The molecule has 0 unspecified atom stereocenters. The Hall–Kier alpha value is -2.08. The van der Waals surface area contributed by atoms with Gasteiger partial charge >= 0.3 is 0 Å². The SMILES string of the molecule is Cc1ccc(NC(=S)Nc2ccc(F)cc2F)c(F)c1. The molecule has 2 N–H and O–H groups in total. The first kappa shape index (κ1) is 14.3. The number of aryl methyl sites for hydroxylation is 1. The molecule has 0 aliphatic heterocycles. The summed E-state index contributed by atoms with van der Waals surface area (Å²) in [5.41, 5.74) is 0.962. The predicted octanol–water partition coefficient (Wildman–Crippen LogP) is 4.22. The first-order chi connectivity index (χ1) is 9.45. The number of anilines is 2. The van der Waals surface area contributed by atoms with Gasteiger partial charge in [-0.2, -0.15) is 0 Å². The summed E-state index contributed by atoms with van der Waals surface area (Å²) in [6.45, 7) is 1.76. The summed E-state index contributed by atoms with van der Waals surface area (Å²) < 4.78 is 39.8. The number of thiocarbonyl (C=S) groups is 1.